The third-order valence-electron chi connectivity index (χ3n) is 9.07. The van der Waals surface area contributed by atoms with Gasteiger partial charge in [0, 0.05) is 23.2 Å². The van der Waals surface area contributed by atoms with Crippen LogP contribution in [-0.4, -0.2) is 40.7 Å². The summed E-state index contributed by atoms with van der Waals surface area (Å²) in [6.45, 7) is 12.2. The smallest absolute Gasteiger partial charge is 0.313 e. The summed E-state index contributed by atoms with van der Waals surface area (Å²) in [7, 11) is 0. The maximum Gasteiger partial charge on any atom is 0.313 e. The standard InChI is InChI=1S/C24H35ClO5/c1-6-22(4)12-18(30-19(28)11-16(26)13-25)23(5)14(2)7-9-24(15(3)21(22)29)10-8-17(27)20(23)24/h6,14-15,18,20-21,29H,1,7-13H2,2-5H3/t14?,15-,18+,20?,21-,22-,23-,24-/m0/s1. The van der Waals surface area contributed by atoms with Crippen molar-refractivity contribution in [1.29, 1.82) is 0 Å². The zero-order valence-corrected chi connectivity index (χ0v) is 19.3. The molecule has 0 saturated heterocycles. The summed E-state index contributed by atoms with van der Waals surface area (Å²) < 4.78 is 5.96. The van der Waals surface area contributed by atoms with Gasteiger partial charge >= 0.3 is 5.97 Å². The van der Waals surface area contributed by atoms with Crippen molar-refractivity contribution in [1.82, 2.24) is 0 Å². The minimum absolute atomic E-state index is 0.0711. The molecule has 0 radical (unpaired) electrons. The number of ketones is 2. The summed E-state index contributed by atoms with van der Waals surface area (Å²) in [6, 6.07) is 0. The van der Waals surface area contributed by atoms with E-state index in [2.05, 4.69) is 27.4 Å². The van der Waals surface area contributed by atoms with E-state index in [4.69, 9.17) is 16.3 Å². The predicted molar refractivity (Wildman–Crippen MR) is 115 cm³/mol. The van der Waals surface area contributed by atoms with E-state index in [1.54, 1.807) is 6.08 Å². The highest BCUT2D eigenvalue weighted by Crippen LogP contribution is 2.67. The van der Waals surface area contributed by atoms with Crippen LogP contribution in [0, 0.1) is 34.0 Å². The molecule has 0 amide bonds. The number of Topliss-reactive ketones (excluding diaryl/α,β-unsaturated/α-hetero) is 2. The molecule has 0 aromatic rings. The number of halogens is 1. The van der Waals surface area contributed by atoms with Gasteiger partial charge in [-0.25, -0.2) is 0 Å². The number of rotatable bonds is 5. The molecule has 30 heavy (non-hydrogen) atoms. The molecule has 0 aromatic heterocycles. The normalized spacial score (nSPS) is 45.8. The second-order valence-electron chi connectivity index (χ2n) is 10.4. The Morgan fingerprint density at radius 2 is 1.97 bits per heavy atom. The molecule has 3 rings (SSSR count). The van der Waals surface area contributed by atoms with Crippen LogP contribution in [0.3, 0.4) is 0 Å². The summed E-state index contributed by atoms with van der Waals surface area (Å²) in [5.41, 5.74) is -1.55. The number of aliphatic hydroxyl groups excluding tert-OH is 1. The van der Waals surface area contributed by atoms with Crippen molar-refractivity contribution in [3.63, 3.8) is 0 Å². The van der Waals surface area contributed by atoms with E-state index in [-0.39, 0.29) is 47.0 Å². The van der Waals surface area contributed by atoms with Crippen LogP contribution in [0.4, 0.5) is 0 Å². The van der Waals surface area contributed by atoms with Crippen molar-refractivity contribution < 1.29 is 24.2 Å². The molecule has 6 heteroatoms. The molecule has 3 fully saturated rings. The number of aliphatic hydroxyl groups is 1. The Labute approximate surface area is 184 Å². The summed E-state index contributed by atoms with van der Waals surface area (Å²) >= 11 is 5.57. The lowest BCUT2D eigenvalue weighted by Crippen LogP contribution is -2.63. The van der Waals surface area contributed by atoms with Gasteiger partial charge in [-0.2, -0.15) is 0 Å². The Balaban J connectivity index is 2.12. The van der Waals surface area contributed by atoms with Gasteiger partial charge in [0.1, 0.15) is 18.3 Å². The molecule has 8 atom stereocenters. The molecule has 0 aliphatic heterocycles. The fraction of sp³-hybridized carbons (Fsp3) is 0.792. The van der Waals surface area contributed by atoms with Crippen molar-refractivity contribution in [3.8, 4) is 0 Å². The molecule has 3 saturated carbocycles. The molecule has 0 heterocycles. The second kappa shape index (κ2) is 8.05. The Morgan fingerprint density at radius 1 is 1.30 bits per heavy atom. The molecule has 1 N–H and O–H groups in total. The summed E-state index contributed by atoms with van der Waals surface area (Å²) in [5, 5.41) is 11.4. The van der Waals surface area contributed by atoms with Gasteiger partial charge in [0.15, 0.2) is 5.78 Å². The molecular weight excluding hydrogens is 404 g/mol. The largest absolute Gasteiger partial charge is 0.461 e. The highest BCUT2D eigenvalue weighted by atomic mass is 35.5. The fourth-order valence-corrected chi connectivity index (χ4v) is 7.00. The molecule has 0 spiro atoms. The van der Waals surface area contributed by atoms with Crippen LogP contribution in [0.15, 0.2) is 12.7 Å². The van der Waals surface area contributed by atoms with Crippen LogP contribution in [-0.2, 0) is 19.1 Å². The predicted octanol–water partition coefficient (Wildman–Crippen LogP) is 4.09. The Hall–Kier alpha value is -1.20. The Kier molecular flexibility index (Phi) is 6.30. The van der Waals surface area contributed by atoms with Gasteiger partial charge in [0.05, 0.1) is 12.0 Å². The van der Waals surface area contributed by atoms with E-state index in [9.17, 15) is 19.5 Å². The van der Waals surface area contributed by atoms with E-state index >= 15 is 0 Å². The molecule has 0 aromatic carbocycles. The van der Waals surface area contributed by atoms with Gasteiger partial charge in [-0.05, 0) is 42.9 Å². The van der Waals surface area contributed by atoms with Crippen molar-refractivity contribution >= 4 is 29.1 Å². The van der Waals surface area contributed by atoms with E-state index in [0.717, 1.165) is 19.3 Å². The van der Waals surface area contributed by atoms with Crippen molar-refractivity contribution in [2.75, 3.05) is 5.88 Å². The lowest BCUT2D eigenvalue weighted by atomic mass is 9.44. The van der Waals surface area contributed by atoms with Gasteiger partial charge < -0.3 is 9.84 Å². The number of carbonyl (C=O) groups is 3. The first-order valence-corrected chi connectivity index (χ1v) is 11.6. The van der Waals surface area contributed by atoms with Crippen LogP contribution < -0.4 is 0 Å². The average molecular weight is 439 g/mol. The topological polar surface area (TPSA) is 80.7 Å². The van der Waals surface area contributed by atoms with Gasteiger partial charge in [0.2, 0.25) is 0 Å². The Morgan fingerprint density at radius 3 is 2.57 bits per heavy atom. The minimum Gasteiger partial charge on any atom is -0.461 e. The quantitative estimate of drug-likeness (QED) is 0.302. The zero-order chi connectivity index (χ0) is 22.5. The number of hydrogen-bond acceptors (Lipinski definition) is 5. The molecule has 3 aliphatic rings. The van der Waals surface area contributed by atoms with Gasteiger partial charge in [0.25, 0.3) is 0 Å². The van der Waals surface area contributed by atoms with Crippen LogP contribution >= 0.6 is 11.6 Å². The molecule has 2 unspecified atom stereocenters. The van der Waals surface area contributed by atoms with Gasteiger partial charge in [-0.15, -0.1) is 18.2 Å². The third-order valence-corrected chi connectivity index (χ3v) is 9.36. The van der Waals surface area contributed by atoms with Crippen LogP contribution in [0.1, 0.15) is 66.2 Å². The van der Waals surface area contributed by atoms with Crippen LogP contribution in [0.2, 0.25) is 0 Å². The van der Waals surface area contributed by atoms with E-state index in [1.165, 1.54) is 0 Å². The lowest BCUT2D eigenvalue weighted by Gasteiger charge is -2.61. The highest BCUT2D eigenvalue weighted by Gasteiger charge is 2.68. The minimum atomic E-state index is -0.702. The van der Waals surface area contributed by atoms with E-state index in [0.29, 0.717) is 12.8 Å². The number of alkyl halides is 1. The number of carbonyl (C=O) groups excluding carboxylic acids is 3. The first-order chi connectivity index (χ1) is 14.0. The number of ether oxygens (including phenoxy) is 1. The molecule has 5 nitrogen and oxygen atoms in total. The Bertz CT molecular complexity index is 750. The molecule has 3 aliphatic carbocycles. The maximum atomic E-state index is 13.3. The average Bonchev–Trinajstić information content (AvgIpc) is 3.06. The number of esters is 1. The maximum absolute atomic E-state index is 13.3. The van der Waals surface area contributed by atoms with Crippen LogP contribution in [0.5, 0.6) is 0 Å². The van der Waals surface area contributed by atoms with Gasteiger partial charge in [-0.1, -0.05) is 33.8 Å². The highest BCUT2D eigenvalue weighted by molar-refractivity contribution is 6.28. The first-order valence-electron chi connectivity index (χ1n) is 11.1. The third kappa shape index (κ3) is 3.37. The fourth-order valence-electron chi connectivity index (χ4n) is 6.91. The summed E-state index contributed by atoms with van der Waals surface area (Å²) in [6.07, 6.45) is 3.51. The number of hydrogen-bond donors (Lipinski definition) is 1. The molecular formula is C24H35ClO5. The molecule has 2 bridgehead atoms. The zero-order valence-electron chi connectivity index (χ0n) is 18.6. The molecule has 168 valence electrons. The van der Waals surface area contributed by atoms with E-state index < -0.39 is 29.0 Å². The van der Waals surface area contributed by atoms with Crippen molar-refractivity contribution in [2.45, 2.75) is 78.4 Å². The van der Waals surface area contributed by atoms with Crippen LogP contribution in [0.25, 0.3) is 0 Å². The first kappa shape index (κ1) is 23.5. The van der Waals surface area contributed by atoms with Crippen molar-refractivity contribution in [3.05, 3.63) is 12.7 Å². The lowest BCUT2D eigenvalue weighted by molar-refractivity contribution is -0.206. The summed E-state index contributed by atoms with van der Waals surface area (Å²) in [4.78, 5) is 37.6. The second-order valence-corrected chi connectivity index (χ2v) is 10.7. The monoisotopic (exact) mass is 438 g/mol. The van der Waals surface area contributed by atoms with Crippen molar-refractivity contribution in [2.24, 2.45) is 34.0 Å². The van der Waals surface area contributed by atoms with Gasteiger partial charge in [-0.3, -0.25) is 14.4 Å². The summed E-state index contributed by atoms with van der Waals surface area (Å²) in [5.74, 6) is -1.21. The van der Waals surface area contributed by atoms with E-state index in [1.807, 2.05) is 6.92 Å². The SMILES string of the molecule is C=C[C@@]1(C)C[C@@H](OC(=O)CC(=O)CCl)[C@]2(C)C(C)CC[C@]3(CCC(=O)C32)[C@@H](C)[C@@H]1O.